The van der Waals surface area contributed by atoms with E-state index in [4.69, 9.17) is 5.21 Å². The number of hydroxylamine groups is 1. The number of carbonyl (C=O) groups excluding carboxylic acids is 2. The zero-order valence-electron chi connectivity index (χ0n) is 12.6. The highest BCUT2D eigenvalue weighted by atomic mass is 16.5. The summed E-state index contributed by atoms with van der Waals surface area (Å²) in [5, 5.41) is 14.8. The fourth-order valence-electron chi connectivity index (χ4n) is 1.80. The molecule has 0 spiro atoms. The monoisotopic (exact) mass is 306 g/mol. The highest BCUT2D eigenvalue weighted by Crippen LogP contribution is 2.00. The predicted molar refractivity (Wildman–Crippen MR) is 83.7 cm³/mol. The smallest absolute Gasteiger partial charge is 0.335 e. The van der Waals surface area contributed by atoms with Crippen LogP contribution in [0.1, 0.15) is 36.8 Å². The molecule has 0 radical (unpaired) electrons. The van der Waals surface area contributed by atoms with Crippen LogP contribution in [0.15, 0.2) is 29.4 Å². The molecule has 0 atom stereocenters. The van der Waals surface area contributed by atoms with E-state index in [0.717, 1.165) is 24.0 Å². The van der Waals surface area contributed by atoms with E-state index >= 15 is 0 Å². The van der Waals surface area contributed by atoms with E-state index in [1.807, 2.05) is 31.2 Å². The summed E-state index contributed by atoms with van der Waals surface area (Å²) in [4.78, 5) is 22.2. The SMILES string of the molecule is Cc1cccc(/C=N/NC(=O)NCCCCCC(=O)NO)c1. The van der Waals surface area contributed by atoms with Crippen LogP contribution in [0.3, 0.4) is 0 Å². The van der Waals surface area contributed by atoms with Gasteiger partial charge in [0.1, 0.15) is 0 Å². The van der Waals surface area contributed by atoms with Crippen LogP contribution in [0.5, 0.6) is 0 Å². The number of unbranched alkanes of at least 4 members (excludes halogenated alkanes) is 2. The van der Waals surface area contributed by atoms with Crippen LogP contribution in [0.25, 0.3) is 0 Å². The molecule has 22 heavy (non-hydrogen) atoms. The van der Waals surface area contributed by atoms with Crippen molar-refractivity contribution in [2.45, 2.75) is 32.6 Å². The third-order valence-electron chi connectivity index (χ3n) is 2.91. The standard InChI is InChI=1S/C15H22N4O3/c1-12-6-5-7-13(10-12)11-17-18-15(21)16-9-4-2-3-8-14(20)19-22/h5-7,10-11,22H,2-4,8-9H2,1H3,(H,19,20)(H2,16,18,21)/b17-11+. The van der Waals surface area contributed by atoms with Gasteiger partial charge in [0, 0.05) is 13.0 Å². The Bertz CT molecular complexity index is 517. The van der Waals surface area contributed by atoms with E-state index in [1.165, 1.54) is 0 Å². The number of hydrazone groups is 1. The molecule has 0 unspecified atom stereocenters. The molecule has 0 saturated carbocycles. The summed E-state index contributed by atoms with van der Waals surface area (Å²) in [6.45, 7) is 2.49. The molecule has 1 aromatic rings. The van der Waals surface area contributed by atoms with Crippen LogP contribution in [-0.4, -0.2) is 29.9 Å². The number of rotatable bonds is 8. The van der Waals surface area contributed by atoms with Crippen molar-refractivity contribution in [2.75, 3.05) is 6.54 Å². The number of amides is 3. The van der Waals surface area contributed by atoms with Crippen LogP contribution in [-0.2, 0) is 4.79 Å². The number of benzene rings is 1. The molecule has 0 fully saturated rings. The van der Waals surface area contributed by atoms with Gasteiger partial charge in [-0.3, -0.25) is 10.0 Å². The number of urea groups is 1. The number of nitrogens with one attached hydrogen (secondary N) is 3. The molecular weight excluding hydrogens is 284 g/mol. The van der Waals surface area contributed by atoms with Crippen LogP contribution in [0, 0.1) is 6.92 Å². The Labute approximate surface area is 129 Å². The Morgan fingerprint density at radius 2 is 2.09 bits per heavy atom. The number of aryl methyl sites for hydroxylation is 1. The highest BCUT2D eigenvalue weighted by molar-refractivity contribution is 5.82. The van der Waals surface area contributed by atoms with Gasteiger partial charge >= 0.3 is 6.03 Å². The molecule has 120 valence electrons. The molecule has 0 aliphatic carbocycles. The second kappa shape index (κ2) is 10.3. The van der Waals surface area contributed by atoms with E-state index in [2.05, 4.69) is 15.8 Å². The first-order valence-electron chi connectivity index (χ1n) is 7.18. The summed E-state index contributed by atoms with van der Waals surface area (Å²) in [6, 6.07) is 7.41. The normalized spacial score (nSPS) is 10.5. The van der Waals surface area contributed by atoms with Crippen molar-refractivity contribution in [1.82, 2.24) is 16.2 Å². The lowest BCUT2D eigenvalue weighted by molar-refractivity contribution is -0.129. The molecule has 3 amide bonds. The minimum Gasteiger partial charge on any atom is -0.337 e. The number of nitrogens with zero attached hydrogens (tertiary/aromatic N) is 1. The lowest BCUT2D eigenvalue weighted by atomic mass is 10.2. The van der Waals surface area contributed by atoms with Crippen molar-refractivity contribution in [3.05, 3.63) is 35.4 Å². The van der Waals surface area contributed by atoms with Crippen LogP contribution in [0.2, 0.25) is 0 Å². The van der Waals surface area contributed by atoms with Crippen LogP contribution in [0.4, 0.5) is 4.79 Å². The zero-order chi connectivity index (χ0) is 16.2. The Morgan fingerprint density at radius 1 is 1.27 bits per heavy atom. The van der Waals surface area contributed by atoms with Crippen molar-refractivity contribution >= 4 is 18.2 Å². The van der Waals surface area contributed by atoms with E-state index in [-0.39, 0.29) is 12.5 Å². The molecule has 0 saturated heterocycles. The highest BCUT2D eigenvalue weighted by Gasteiger charge is 2.00. The second-order valence-electron chi connectivity index (χ2n) is 4.89. The summed E-state index contributed by atoms with van der Waals surface area (Å²) in [6.07, 6.45) is 4.08. The van der Waals surface area contributed by atoms with Crippen molar-refractivity contribution in [2.24, 2.45) is 5.10 Å². The average molecular weight is 306 g/mol. The van der Waals surface area contributed by atoms with Crippen molar-refractivity contribution in [3.63, 3.8) is 0 Å². The van der Waals surface area contributed by atoms with E-state index < -0.39 is 5.91 Å². The topological polar surface area (TPSA) is 103 Å². The van der Waals surface area contributed by atoms with Gasteiger partial charge in [-0.05, 0) is 25.3 Å². The minimum absolute atomic E-state index is 0.281. The molecule has 0 aliphatic rings. The number of hydrogen-bond acceptors (Lipinski definition) is 4. The first-order chi connectivity index (χ1) is 10.6. The van der Waals surface area contributed by atoms with Crippen molar-refractivity contribution in [1.29, 1.82) is 0 Å². The fourth-order valence-corrected chi connectivity index (χ4v) is 1.80. The molecule has 7 heteroatoms. The summed E-state index contributed by atoms with van der Waals surface area (Å²) in [5.41, 5.74) is 6.02. The second-order valence-corrected chi connectivity index (χ2v) is 4.89. The Morgan fingerprint density at radius 3 is 2.82 bits per heavy atom. The molecule has 0 bridgehead atoms. The summed E-state index contributed by atoms with van der Waals surface area (Å²) >= 11 is 0. The Hall–Kier alpha value is -2.41. The quantitative estimate of drug-likeness (QED) is 0.254. The van der Waals surface area contributed by atoms with Gasteiger partial charge in [-0.15, -0.1) is 0 Å². The van der Waals surface area contributed by atoms with Gasteiger partial charge < -0.3 is 5.32 Å². The summed E-state index contributed by atoms with van der Waals surface area (Å²) in [5.74, 6) is -0.392. The third-order valence-corrected chi connectivity index (χ3v) is 2.91. The van der Waals surface area contributed by atoms with Gasteiger partial charge in [0.15, 0.2) is 0 Å². The molecular formula is C15H22N4O3. The van der Waals surface area contributed by atoms with Gasteiger partial charge in [0.25, 0.3) is 0 Å². The van der Waals surface area contributed by atoms with Gasteiger partial charge in [-0.2, -0.15) is 5.10 Å². The van der Waals surface area contributed by atoms with E-state index in [9.17, 15) is 9.59 Å². The van der Waals surface area contributed by atoms with Crippen LogP contribution >= 0.6 is 0 Å². The van der Waals surface area contributed by atoms with Crippen molar-refractivity contribution in [3.8, 4) is 0 Å². The predicted octanol–water partition coefficient (Wildman–Crippen LogP) is 1.69. The largest absolute Gasteiger partial charge is 0.337 e. The lowest BCUT2D eigenvalue weighted by Gasteiger charge is -2.04. The maximum absolute atomic E-state index is 11.5. The minimum atomic E-state index is -0.392. The molecule has 0 aromatic heterocycles. The van der Waals surface area contributed by atoms with Gasteiger partial charge in [-0.1, -0.05) is 36.2 Å². The van der Waals surface area contributed by atoms with E-state index in [0.29, 0.717) is 13.0 Å². The first kappa shape index (κ1) is 17.6. The Balaban J connectivity index is 2.10. The summed E-state index contributed by atoms with van der Waals surface area (Å²) in [7, 11) is 0. The molecule has 4 N–H and O–H groups in total. The molecule has 7 nitrogen and oxygen atoms in total. The van der Waals surface area contributed by atoms with Gasteiger partial charge in [0.05, 0.1) is 6.21 Å². The molecule has 0 heterocycles. The maximum Gasteiger partial charge on any atom is 0.335 e. The lowest BCUT2D eigenvalue weighted by Crippen LogP contribution is -2.33. The maximum atomic E-state index is 11.5. The van der Waals surface area contributed by atoms with Gasteiger partial charge in [0.2, 0.25) is 5.91 Å². The fraction of sp³-hybridized carbons (Fsp3) is 0.400. The molecule has 0 aliphatic heterocycles. The molecule has 1 aromatic carbocycles. The number of carbonyl (C=O) groups is 2. The third kappa shape index (κ3) is 8.01. The van der Waals surface area contributed by atoms with Crippen LogP contribution < -0.4 is 16.2 Å². The summed E-state index contributed by atoms with van der Waals surface area (Å²) < 4.78 is 0. The van der Waals surface area contributed by atoms with Gasteiger partial charge in [-0.25, -0.2) is 15.7 Å². The zero-order valence-corrected chi connectivity index (χ0v) is 12.6. The number of hydrogen-bond donors (Lipinski definition) is 4. The van der Waals surface area contributed by atoms with Crippen molar-refractivity contribution < 1.29 is 14.8 Å². The molecule has 1 rings (SSSR count). The Kier molecular flexibility index (Phi) is 8.29. The van der Waals surface area contributed by atoms with E-state index in [1.54, 1.807) is 11.7 Å². The first-order valence-corrected chi connectivity index (χ1v) is 7.18. The average Bonchev–Trinajstić information content (AvgIpc) is 2.50.